The number of alkyl halides is 1. The lowest BCUT2D eigenvalue weighted by atomic mass is 9.82. The van der Waals surface area contributed by atoms with Gasteiger partial charge in [0.25, 0.3) is 0 Å². The highest BCUT2D eigenvalue weighted by atomic mass is 35.5. The molecule has 2 atom stereocenters. The topological polar surface area (TPSA) is 0 Å². The van der Waals surface area contributed by atoms with Gasteiger partial charge in [-0.25, -0.2) is 8.78 Å². The third-order valence-electron chi connectivity index (χ3n) is 3.42. The molecule has 2 unspecified atom stereocenters. The quantitative estimate of drug-likeness (QED) is 0.681. The number of benzene rings is 1. The van der Waals surface area contributed by atoms with E-state index in [9.17, 15) is 8.78 Å². The predicted molar refractivity (Wildman–Crippen MR) is 61.7 cm³/mol. The zero-order chi connectivity index (χ0) is 11.8. The molecule has 3 heteroatoms. The van der Waals surface area contributed by atoms with Crippen LogP contribution in [0.3, 0.4) is 0 Å². The van der Waals surface area contributed by atoms with Gasteiger partial charge in [-0.3, -0.25) is 0 Å². The molecule has 16 heavy (non-hydrogen) atoms. The summed E-state index contributed by atoms with van der Waals surface area (Å²) in [7, 11) is 0. The molecule has 0 N–H and O–H groups in total. The zero-order valence-corrected chi connectivity index (χ0v) is 10.0. The number of halogens is 3. The third-order valence-corrected chi connectivity index (χ3v) is 3.80. The van der Waals surface area contributed by atoms with Crippen LogP contribution in [0.2, 0.25) is 0 Å². The monoisotopic (exact) mass is 244 g/mol. The zero-order valence-electron chi connectivity index (χ0n) is 9.27. The molecule has 1 saturated carbocycles. The van der Waals surface area contributed by atoms with Gasteiger partial charge in [0, 0.05) is 5.38 Å². The van der Waals surface area contributed by atoms with E-state index in [1.807, 2.05) is 0 Å². The Morgan fingerprint density at radius 1 is 1.44 bits per heavy atom. The Bertz CT molecular complexity index is 392. The average Bonchev–Trinajstić information content (AvgIpc) is 2.54. The summed E-state index contributed by atoms with van der Waals surface area (Å²) in [5.41, 5.74) is 0.481. The van der Waals surface area contributed by atoms with Crippen LogP contribution in [0.1, 0.15) is 31.7 Å². The van der Waals surface area contributed by atoms with Gasteiger partial charge in [0.2, 0.25) is 0 Å². The third kappa shape index (κ3) is 2.37. The summed E-state index contributed by atoms with van der Waals surface area (Å²) in [4.78, 5) is 0. The lowest BCUT2D eigenvalue weighted by molar-refractivity contribution is 0.327. The van der Waals surface area contributed by atoms with E-state index < -0.39 is 11.6 Å². The van der Waals surface area contributed by atoms with Crippen LogP contribution >= 0.6 is 11.6 Å². The molecule has 1 aromatic carbocycles. The summed E-state index contributed by atoms with van der Waals surface area (Å²) in [6, 6.07) is 4.37. The molecule has 1 fully saturated rings. The summed E-state index contributed by atoms with van der Waals surface area (Å²) in [5, 5.41) is 0.182. The van der Waals surface area contributed by atoms with E-state index in [4.69, 9.17) is 11.6 Å². The average molecular weight is 245 g/mol. The van der Waals surface area contributed by atoms with Gasteiger partial charge in [0.05, 0.1) is 0 Å². The minimum atomic E-state index is -0.762. The molecule has 0 heterocycles. The second-order valence-corrected chi connectivity index (χ2v) is 5.66. The number of rotatable bonds is 2. The van der Waals surface area contributed by atoms with Crippen molar-refractivity contribution in [1.82, 2.24) is 0 Å². The molecule has 0 aliphatic heterocycles. The number of hydrogen-bond acceptors (Lipinski definition) is 0. The first-order valence-electron chi connectivity index (χ1n) is 5.57. The van der Waals surface area contributed by atoms with Gasteiger partial charge in [-0.15, -0.1) is 11.6 Å². The second kappa shape index (κ2) is 4.33. The van der Waals surface area contributed by atoms with Gasteiger partial charge >= 0.3 is 0 Å². The molecule has 1 aromatic rings. The highest BCUT2D eigenvalue weighted by Gasteiger charge is 2.34. The van der Waals surface area contributed by atoms with Gasteiger partial charge in [-0.1, -0.05) is 19.1 Å². The molecular weight excluding hydrogens is 230 g/mol. The van der Waals surface area contributed by atoms with Crippen LogP contribution in [-0.2, 0) is 6.42 Å². The summed E-state index contributed by atoms with van der Waals surface area (Å²) < 4.78 is 26.6. The fraction of sp³-hybridized carbons (Fsp3) is 0.538. The normalized spacial score (nSPS) is 29.6. The number of hydrogen-bond donors (Lipinski definition) is 0. The minimum absolute atomic E-state index is 0.0149. The fourth-order valence-electron chi connectivity index (χ4n) is 2.55. The van der Waals surface area contributed by atoms with Crippen molar-refractivity contribution in [3.8, 4) is 0 Å². The van der Waals surface area contributed by atoms with Crippen LogP contribution in [0.5, 0.6) is 0 Å². The maximum Gasteiger partial charge on any atom is 0.162 e. The standard InChI is InChI=1S/C13H15ClF2/c1-13(6-5-10(14)8-13)7-9-3-2-4-11(15)12(9)16/h2-4,10H,5-8H2,1H3. The van der Waals surface area contributed by atoms with Gasteiger partial charge in [0.15, 0.2) is 11.6 Å². The minimum Gasteiger partial charge on any atom is -0.204 e. The van der Waals surface area contributed by atoms with Crippen LogP contribution in [0.15, 0.2) is 18.2 Å². The van der Waals surface area contributed by atoms with Crippen molar-refractivity contribution >= 4 is 11.6 Å². The predicted octanol–water partition coefficient (Wildman–Crippen LogP) is 4.30. The Labute approximate surface area is 99.6 Å². The van der Waals surface area contributed by atoms with E-state index in [2.05, 4.69) is 6.92 Å². The van der Waals surface area contributed by atoms with Crippen molar-refractivity contribution in [3.05, 3.63) is 35.4 Å². The molecule has 0 bridgehead atoms. The van der Waals surface area contributed by atoms with E-state index in [0.717, 1.165) is 25.3 Å². The molecule has 0 amide bonds. The summed E-state index contributed by atoms with van der Waals surface area (Å²) in [5.74, 6) is -1.47. The van der Waals surface area contributed by atoms with Crippen molar-refractivity contribution in [2.45, 2.75) is 38.0 Å². The van der Waals surface area contributed by atoms with Gasteiger partial charge in [-0.05, 0) is 42.7 Å². The van der Waals surface area contributed by atoms with Gasteiger partial charge < -0.3 is 0 Å². The van der Waals surface area contributed by atoms with E-state index >= 15 is 0 Å². The maximum atomic E-state index is 13.5. The Kier molecular flexibility index (Phi) is 3.20. The Hall–Kier alpha value is -0.630. The van der Waals surface area contributed by atoms with Crippen molar-refractivity contribution in [1.29, 1.82) is 0 Å². The molecule has 0 nitrogen and oxygen atoms in total. The van der Waals surface area contributed by atoms with Crippen LogP contribution in [-0.4, -0.2) is 5.38 Å². The van der Waals surface area contributed by atoms with E-state index in [1.165, 1.54) is 0 Å². The first-order chi connectivity index (χ1) is 7.50. The second-order valence-electron chi connectivity index (χ2n) is 5.04. The van der Waals surface area contributed by atoms with Crippen LogP contribution < -0.4 is 0 Å². The van der Waals surface area contributed by atoms with Crippen molar-refractivity contribution in [2.24, 2.45) is 5.41 Å². The molecule has 0 radical (unpaired) electrons. The molecule has 0 aromatic heterocycles. The first kappa shape index (κ1) is 11.8. The Morgan fingerprint density at radius 3 is 2.81 bits per heavy atom. The highest BCUT2D eigenvalue weighted by Crippen LogP contribution is 2.43. The molecule has 88 valence electrons. The van der Waals surface area contributed by atoms with Crippen LogP contribution in [0.25, 0.3) is 0 Å². The maximum absolute atomic E-state index is 13.5. The largest absolute Gasteiger partial charge is 0.204 e. The van der Waals surface area contributed by atoms with Crippen LogP contribution in [0.4, 0.5) is 8.78 Å². The molecule has 1 aliphatic rings. The summed E-state index contributed by atoms with van der Waals surface area (Å²) in [6.07, 6.45) is 3.40. The van der Waals surface area contributed by atoms with Crippen molar-refractivity contribution in [3.63, 3.8) is 0 Å². The smallest absolute Gasteiger partial charge is 0.162 e. The summed E-state index contributed by atoms with van der Waals surface area (Å²) >= 11 is 6.07. The fourth-order valence-corrected chi connectivity index (χ4v) is 3.03. The van der Waals surface area contributed by atoms with E-state index in [0.29, 0.717) is 12.0 Å². The lowest BCUT2D eigenvalue weighted by Crippen LogP contribution is -2.17. The SMILES string of the molecule is CC1(Cc2cccc(F)c2F)CCC(Cl)C1. The molecule has 0 saturated heterocycles. The van der Waals surface area contributed by atoms with E-state index in [1.54, 1.807) is 12.1 Å². The van der Waals surface area contributed by atoms with Crippen molar-refractivity contribution < 1.29 is 8.78 Å². The van der Waals surface area contributed by atoms with Crippen LogP contribution in [0, 0.1) is 17.0 Å². The Balaban J connectivity index is 2.18. The highest BCUT2D eigenvalue weighted by molar-refractivity contribution is 6.20. The van der Waals surface area contributed by atoms with Gasteiger partial charge in [-0.2, -0.15) is 0 Å². The molecule has 0 spiro atoms. The first-order valence-corrected chi connectivity index (χ1v) is 6.01. The Morgan fingerprint density at radius 2 is 2.19 bits per heavy atom. The molecular formula is C13H15ClF2. The van der Waals surface area contributed by atoms with E-state index in [-0.39, 0.29) is 10.8 Å². The molecule has 2 rings (SSSR count). The molecule has 1 aliphatic carbocycles. The van der Waals surface area contributed by atoms with Crippen molar-refractivity contribution in [2.75, 3.05) is 0 Å². The summed E-state index contributed by atoms with van der Waals surface area (Å²) in [6.45, 7) is 2.10. The lowest BCUT2D eigenvalue weighted by Gasteiger charge is -2.23. The van der Waals surface area contributed by atoms with Gasteiger partial charge in [0.1, 0.15) is 0 Å².